The third-order valence-corrected chi connectivity index (χ3v) is 1.26. The first-order valence-corrected chi connectivity index (χ1v) is 3.71. The van der Waals surface area contributed by atoms with Crippen molar-refractivity contribution in [1.82, 2.24) is 0 Å². The van der Waals surface area contributed by atoms with Gasteiger partial charge in [0.25, 0.3) is 0 Å². The van der Waals surface area contributed by atoms with Gasteiger partial charge >= 0.3 is 11.4 Å². The highest BCUT2D eigenvalue weighted by molar-refractivity contribution is 6.61. The van der Waals surface area contributed by atoms with Crippen LogP contribution < -0.4 is 0 Å². The van der Waals surface area contributed by atoms with Gasteiger partial charge in [0.2, 0.25) is 0 Å². The molecule has 0 aliphatic carbocycles. The fourth-order valence-electron chi connectivity index (χ4n) is 0.693. The summed E-state index contributed by atoms with van der Waals surface area (Å²) in [5.74, 6) is -0.769. The second kappa shape index (κ2) is 4.47. The van der Waals surface area contributed by atoms with Gasteiger partial charge in [0, 0.05) is 11.6 Å². The molecule has 0 amide bonds. The minimum Gasteiger partial charge on any atom is -0.242 e. The number of carbonyl (C=O) groups excluding carboxylic acids is 2. The van der Waals surface area contributed by atoms with E-state index in [1.54, 1.807) is 18.2 Å². The molecule has 0 unspecified atom stereocenters. The SMILES string of the molecule is O=C(Cl)OOC(=O)c1ccccc1. The molecule has 1 aromatic carbocycles. The standard InChI is InChI=1S/C8H5ClO4/c9-8(11)13-12-7(10)6-4-2-1-3-5-6/h1-5H. The summed E-state index contributed by atoms with van der Waals surface area (Å²) in [6.45, 7) is 0. The van der Waals surface area contributed by atoms with E-state index in [9.17, 15) is 9.59 Å². The Morgan fingerprint density at radius 1 is 1.08 bits per heavy atom. The van der Waals surface area contributed by atoms with Crippen molar-refractivity contribution in [3.8, 4) is 0 Å². The molecule has 0 aliphatic heterocycles. The molecule has 0 radical (unpaired) electrons. The van der Waals surface area contributed by atoms with Crippen LogP contribution in [-0.2, 0) is 9.78 Å². The first kappa shape index (κ1) is 9.54. The second-order valence-electron chi connectivity index (χ2n) is 2.06. The van der Waals surface area contributed by atoms with Gasteiger partial charge in [-0.3, -0.25) is 0 Å². The van der Waals surface area contributed by atoms with Crippen LogP contribution >= 0.6 is 11.6 Å². The maximum absolute atomic E-state index is 11.0. The molecule has 0 atom stereocenters. The number of rotatable bonds is 1. The largest absolute Gasteiger partial charge is 0.448 e. The second-order valence-corrected chi connectivity index (χ2v) is 2.37. The summed E-state index contributed by atoms with van der Waals surface area (Å²) in [5, 5.41) is 0. The van der Waals surface area contributed by atoms with Crippen LogP contribution in [0.3, 0.4) is 0 Å². The van der Waals surface area contributed by atoms with E-state index in [1.807, 2.05) is 0 Å². The molecule has 0 N–H and O–H groups in total. The fraction of sp³-hybridized carbons (Fsp3) is 0. The Labute approximate surface area is 78.9 Å². The molecule has 0 fully saturated rings. The Kier molecular flexibility index (Phi) is 3.28. The highest BCUT2D eigenvalue weighted by Gasteiger charge is 2.09. The van der Waals surface area contributed by atoms with E-state index in [2.05, 4.69) is 9.78 Å². The molecule has 0 spiro atoms. The lowest BCUT2D eigenvalue weighted by atomic mass is 10.2. The zero-order valence-electron chi connectivity index (χ0n) is 6.40. The summed E-state index contributed by atoms with van der Waals surface area (Å²) in [6.07, 6.45) is 0. The summed E-state index contributed by atoms with van der Waals surface area (Å²) >= 11 is 4.77. The van der Waals surface area contributed by atoms with Crippen molar-refractivity contribution in [2.24, 2.45) is 0 Å². The molecule has 13 heavy (non-hydrogen) atoms. The topological polar surface area (TPSA) is 52.6 Å². The Hall–Kier alpha value is -1.55. The third-order valence-electron chi connectivity index (χ3n) is 1.19. The summed E-state index contributed by atoms with van der Waals surface area (Å²) in [7, 11) is 0. The van der Waals surface area contributed by atoms with Gasteiger partial charge in [-0.1, -0.05) is 18.2 Å². The highest BCUT2D eigenvalue weighted by atomic mass is 35.5. The van der Waals surface area contributed by atoms with Crippen molar-refractivity contribution in [2.45, 2.75) is 0 Å². The molecule has 68 valence electrons. The van der Waals surface area contributed by atoms with Crippen LogP contribution in [0, 0.1) is 0 Å². The van der Waals surface area contributed by atoms with Crippen molar-refractivity contribution >= 4 is 23.0 Å². The van der Waals surface area contributed by atoms with Gasteiger partial charge in [0.1, 0.15) is 0 Å². The Morgan fingerprint density at radius 3 is 2.23 bits per heavy atom. The average Bonchev–Trinajstić information content (AvgIpc) is 2.15. The van der Waals surface area contributed by atoms with Crippen LogP contribution in [0.15, 0.2) is 30.3 Å². The zero-order valence-corrected chi connectivity index (χ0v) is 7.15. The monoisotopic (exact) mass is 200 g/mol. The molecule has 0 aromatic heterocycles. The number of carbonyl (C=O) groups is 2. The molecule has 0 aliphatic rings. The van der Waals surface area contributed by atoms with E-state index < -0.39 is 11.4 Å². The molecule has 0 saturated heterocycles. The van der Waals surface area contributed by atoms with Crippen LogP contribution in [-0.4, -0.2) is 11.4 Å². The lowest BCUT2D eigenvalue weighted by molar-refractivity contribution is -0.174. The lowest BCUT2D eigenvalue weighted by Crippen LogP contribution is -2.06. The quantitative estimate of drug-likeness (QED) is 0.396. The molecular formula is C8H5ClO4. The summed E-state index contributed by atoms with van der Waals surface area (Å²) in [5.41, 5.74) is -0.912. The third kappa shape index (κ3) is 3.13. The summed E-state index contributed by atoms with van der Waals surface area (Å²) in [4.78, 5) is 28.9. The van der Waals surface area contributed by atoms with Crippen molar-refractivity contribution in [1.29, 1.82) is 0 Å². The maximum Gasteiger partial charge on any atom is 0.448 e. The Balaban J connectivity index is 2.54. The molecule has 0 heterocycles. The van der Waals surface area contributed by atoms with E-state index in [0.29, 0.717) is 0 Å². The van der Waals surface area contributed by atoms with Crippen LogP contribution in [0.4, 0.5) is 4.79 Å². The minimum absolute atomic E-state index is 0.278. The summed E-state index contributed by atoms with van der Waals surface area (Å²) < 4.78 is 0. The molecule has 1 rings (SSSR count). The van der Waals surface area contributed by atoms with Gasteiger partial charge in [-0.2, -0.15) is 0 Å². The number of halogens is 1. The summed E-state index contributed by atoms with van der Waals surface area (Å²) in [6, 6.07) is 8.08. The van der Waals surface area contributed by atoms with Crippen molar-refractivity contribution in [3.63, 3.8) is 0 Å². The van der Waals surface area contributed by atoms with Crippen LogP contribution in [0.2, 0.25) is 0 Å². The molecule has 4 nitrogen and oxygen atoms in total. The van der Waals surface area contributed by atoms with Crippen molar-refractivity contribution in [2.75, 3.05) is 0 Å². The molecule has 5 heteroatoms. The molecule has 1 aromatic rings. The predicted molar refractivity (Wildman–Crippen MR) is 44.2 cm³/mol. The predicted octanol–water partition coefficient (Wildman–Crippen LogP) is 2.13. The molecular weight excluding hydrogens is 196 g/mol. The van der Waals surface area contributed by atoms with E-state index in [-0.39, 0.29) is 5.56 Å². The van der Waals surface area contributed by atoms with Gasteiger partial charge in [-0.15, -0.1) is 0 Å². The fourth-order valence-corrected chi connectivity index (χ4v) is 0.724. The van der Waals surface area contributed by atoms with Crippen LogP contribution in [0.1, 0.15) is 10.4 Å². The number of hydrogen-bond donors (Lipinski definition) is 0. The Morgan fingerprint density at radius 2 is 1.69 bits per heavy atom. The van der Waals surface area contributed by atoms with Gasteiger partial charge in [0.05, 0.1) is 5.56 Å². The van der Waals surface area contributed by atoms with Gasteiger partial charge in [-0.05, 0) is 12.1 Å². The van der Waals surface area contributed by atoms with Crippen LogP contribution in [0.5, 0.6) is 0 Å². The smallest absolute Gasteiger partial charge is 0.242 e. The van der Waals surface area contributed by atoms with Crippen LogP contribution in [0.25, 0.3) is 0 Å². The average molecular weight is 201 g/mol. The molecule has 0 bridgehead atoms. The van der Waals surface area contributed by atoms with Crippen molar-refractivity contribution < 1.29 is 19.4 Å². The number of hydrogen-bond acceptors (Lipinski definition) is 4. The first-order valence-electron chi connectivity index (χ1n) is 3.33. The van der Waals surface area contributed by atoms with Gasteiger partial charge < -0.3 is 0 Å². The van der Waals surface area contributed by atoms with E-state index >= 15 is 0 Å². The van der Waals surface area contributed by atoms with Gasteiger partial charge in [-0.25, -0.2) is 19.4 Å². The van der Waals surface area contributed by atoms with E-state index in [0.717, 1.165) is 0 Å². The molecule has 0 saturated carbocycles. The highest BCUT2D eigenvalue weighted by Crippen LogP contribution is 2.01. The van der Waals surface area contributed by atoms with E-state index in [1.165, 1.54) is 12.1 Å². The normalized spacial score (nSPS) is 9.00. The minimum atomic E-state index is -1.19. The van der Waals surface area contributed by atoms with Gasteiger partial charge in [0.15, 0.2) is 0 Å². The van der Waals surface area contributed by atoms with Crippen molar-refractivity contribution in [3.05, 3.63) is 35.9 Å². The zero-order chi connectivity index (χ0) is 9.68. The first-order chi connectivity index (χ1) is 6.20. The maximum atomic E-state index is 11.0. The Bertz CT molecular complexity index is 309. The lowest BCUT2D eigenvalue weighted by Gasteiger charge is -1.98. The van der Waals surface area contributed by atoms with E-state index in [4.69, 9.17) is 11.6 Å². The number of benzene rings is 1.